The molecule has 0 atom stereocenters. The van der Waals surface area contributed by atoms with Crippen LogP contribution >= 0.6 is 0 Å². The summed E-state index contributed by atoms with van der Waals surface area (Å²) in [6.07, 6.45) is 3.34. The molecule has 0 amide bonds. The Hall–Kier alpha value is -1.79. The van der Waals surface area contributed by atoms with Gasteiger partial charge in [-0.15, -0.1) is 0 Å². The number of piperidine rings is 1. The average molecular weight is 211 g/mol. The van der Waals surface area contributed by atoms with Crippen molar-refractivity contribution in [2.24, 2.45) is 5.16 Å². The van der Waals surface area contributed by atoms with Crippen LogP contribution in [0.5, 0.6) is 0 Å². The summed E-state index contributed by atoms with van der Waals surface area (Å²) < 4.78 is 4.48. The van der Waals surface area contributed by atoms with Crippen molar-refractivity contribution in [1.29, 1.82) is 0 Å². The molecular formula is C8H13N5O2. The molecule has 1 saturated heterocycles. The number of anilines is 1. The van der Waals surface area contributed by atoms with E-state index in [9.17, 15) is 0 Å². The zero-order chi connectivity index (χ0) is 10.7. The van der Waals surface area contributed by atoms with E-state index in [2.05, 4.69) is 20.1 Å². The van der Waals surface area contributed by atoms with Crippen molar-refractivity contribution in [3.05, 3.63) is 5.69 Å². The Morgan fingerprint density at radius 1 is 1.33 bits per heavy atom. The molecule has 0 aliphatic carbocycles. The summed E-state index contributed by atoms with van der Waals surface area (Å²) >= 11 is 0. The van der Waals surface area contributed by atoms with Crippen LogP contribution in [0.4, 0.5) is 5.82 Å². The second-order valence-corrected chi connectivity index (χ2v) is 3.47. The molecule has 0 radical (unpaired) electrons. The second-order valence-electron chi connectivity index (χ2n) is 3.47. The van der Waals surface area contributed by atoms with Crippen molar-refractivity contribution in [2.75, 3.05) is 18.8 Å². The van der Waals surface area contributed by atoms with E-state index in [1.807, 2.05) is 4.90 Å². The number of nitrogens with two attached hydrogens (primary N) is 1. The van der Waals surface area contributed by atoms with E-state index in [0.717, 1.165) is 25.9 Å². The monoisotopic (exact) mass is 211 g/mol. The minimum absolute atomic E-state index is 0.147. The van der Waals surface area contributed by atoms with Crippen LogP contribution < -0.4 is 5.73 Å². The van der Waals surface area contributed by atoms with Gasteiger partial charge in [-0.25, -0.2) is 4.63 Å². The van der Waals surface area contributed by atoms with E-state index in [0.29, 0.717) is 11.5 Å². The molecule has 15 heavy (non-hydrogen) atoms. The summed E-state index contributed by atoms with van der Waals surface area (Å²) in [6.45, 7) is 1.68. The third kappa shape index (κ3) is 1.85. The van der Waals surface area contributed by atoms with Gasteiger partial charge in [-0.2, -0.15) is 0 Å². The maximum Gasteiger partial charge on any atom is 0.201 e. The second kappa shape index (κ2) is 4.16. The summed E-state index contributed by atoms with van der Waals surface area (Å²) in [5, 5.41) is 19.2. The summed E-state index contributed by atoms with van der Waals surface area (Å²) in [6, 6.07) is 0. The maximum absolute atomic E-state index is 8.96. The number of oxime groups is 1. The lowest BCUT2D eigenvalue weighted by molar-refractivity contribution is 0.280. The Labute approximate surface area is 86.5 Å². The average Bonchev–Trinajstić information content (AvgIpc) is 2.68. The van der Waals surface area contributed by atoms with Crippen molar-refractivity contribution in [3.8, 4) is 0 Å². The SMILES string of the molecule is Nc1nonc1/C(=N\O)N1CCCCC1. The molecule has 1 fully saturated rings. The molecule has 2 heterocycles. The molecule has 0 bridgehead atoms. The first-order valence-corrected chi connectivity index (χ1v) is 4.88. The van der Waals surface area contributed by atoms with Gasteiger partial charge in [-0.3, -0.25) is 0 Å². The Balaban J connectivity index is 2.21. The first-order valence-electron chi connectivity index (χ1n) is 4.88. The van der Waals surface area contributed by atoms with Gasteiger partial charge < -0.3 is 15.8 Å². The molecule has 1 aromatic heterocycles. The molecule has 2 rings (SSSR count). The molecular weight excluding hydrogens is 198 g/mol. The van der Waals surface area contributed by atoms with Gasteiger partial charge in [-0.05, 0) is 29.6 Å². The summed E-state index contributed by atoms with van der Waals surface area (Å²) in [7, 11) is 0. The highest BCUT2D eigenvalue weighted by molar-refractivity contribution is 6.00. The van der Waals surface area contributed by atoms with Crippen LogP contribution in [0.2, 0.25) is 0 Å². The van der Waals surface area contributed by atoms with E-state index in [1.165, 1.54) is 6.42 Å². The number of hydrogen-bond donors (Lipinski definition) is 2. The number of nitrogen functional groups attached to an aromatic ring is 1. The Morgan fingerprint density at radius 2 is 2.07 bits per heavy atom. The third-order valence-electron chi connectivity index (χ3n) is 2.48. The molecule has 1 aliphatic heterocycles. The third-order valence-corrected chi connectivity index (χ3v) is 2.48. The highest BCUT2D eigenvalue weighted by Crippen LogP contribution is 2.15. The van der Waals surface area contributed by atoms with Gasteiger partial charge in [0.15, 0.2) is 11.5 Å². The Morgan fingerprint density at radius 3 is 2.60 bits per heavy atom. The first kappa shape index (κ1) is 9.75. The molecule has 0 saturated carbocycles. The van der Waals surface area contributed by atoms with E-state index in [1.54, 1.807) is 0 Å². The Kier molecular flexibility index (Phi) is 2.70. The molecule has 3 N–H and O–H groups in total. The predicted octanol–water partition coefficient (Wildman–Crippen LogP) is 0.273. The minimum Gasteiger partial charge on any atom is -0.409 e. The number of rotatable bonds is 1. The largest absolute Gasteiger partial charge is 0.409 e. The van der Waals surface area contributed by atoms with Crippen LogP contribution in [-0.4, -0.2) is 39.3 Å². The molecule has 0 spiro atoms. The highest BCUT2D eigenvalue weighted by Gasteiger charge is 2.22. The molecule has 0 aromatic carbocycles. The first-order chi connectivity index (χ1) is 7.33. The predicted molar refractivity (Wildman–Crippen MR) is 52.5 cm³/mol. The van der Waals surface area contributed by atoms with Crippen LogP contribution in [0.1, 0.15) is 25.0 Å². The highest BCUT2D eigenvalue weighted by atomic mass is 16.6. The van der Waals surface area contributed by atoms with Crippen LogP contribution in [-0.2, 0) is 0 Å². The topological polar surface area (TPSA) is 101 Å². The van der Waals surface area contributed by atoms with E-state index < -0.39 is 0 Å². The van der Waals surface area contributed by atoms with Gasteiger partial charge in [-0.1, -0.05) is 5.16 Å². The fourth-order valence-electron chi connectivity index (χ4n) is 1.72. The summed E-state index contributed by atoms with van der Waals surface area (Å²) in [5.74, 6) is 0.488. The van der Waals surface area contributed by atoms with Crippen molar-refractivity contribution in [3.63, 3.8) is 0 Å². The van der Waals surface area contributed by atoms with Crippen LogP contribution in [0, 0.1) is 0 Å². The van der Waals surface area contributed by atoms with Crippen LogP contribution in [0.3, 0.4) is 0 Å². The van der Waals surface area contributed by atoms with Gasteiger partial charge in [0.2, 0.25) is 5.84 Å². The molecule has 7 nitrogen and oxygen atoms in total. The maximum atomic E-state index is 8.96. The van der Waals surface area contributed by atoms with Crippen LogP contribution in [0.25, 0.3) is 0 Å². The number of likely N-dealkylation sites (tertiary alicyclic amines) is 1. The van der Waals surface area contributed by atoms with Gasteiger partial charge in [0, 0.05) is 13.1 Å². The van der Waals surface area contributed by atoms with Gasteiger partial charge in [0.25, 0.3) is 0 Å². The van der Waals surface area contributed by atoms with Gasteiger partial charge in [0.1, 0.15) is 0 Å². The fourth-order valence-corrected chi connectivity index (χ4v) is 1.72. The molecule has 1 aliphatic rings. The zero-order valence-corrected chi connectivity index (χ0v) is 8.26. The van der Waals surface area contributed by atoms with E-state index >= 15 is 0 Å². The van der Waals surface area contributed by atoms with Crippen LogP contribution in [0.15, 0.2) is 9.78 Å². The lowest BCUT2D eigenvalue weighted by Crippen LogP contribution is -2.36. The van der Waals surface area contributed by atoms with Crippen molar-refractivity contribution in [1.82, 2.24) is 15.2 Å². The molecule has 7 heteroatoms. The van der Waals surface area contributed by atoms with E-state index in [-0.39, 0.29) is 5.82 Å². The van der Waals surface area contributed by atoms with Crippen molar-refractivity contribution < 1.29 is 9.84 Å². The minimum atomic E-state index is 0.147. The smallest absolute Gasteiger partial charge is 0.201 e. The normalized spacial score (nSPS) is 18.1. The standard InChI is InChI=1S/C8H13N5O2/c9-7-6(11-15-12-7)8(10-14)13-4-2-1-3-5-13/h14H,1-5H2,(H2,9,12)/b10-8+. The quantitative estimate of drug-likeness (QED) is 0.299. The number of aromatic nitrogens is 2. The fraction of sp³-hybridized carbons (Fsp3) is 0.625. The van der Waals surface area contributed by atoms with Crippen molar-refractivity contribution >= 4 is 11.7 Å². The number of nitrogens with zero attached hydrogens (tertiary/aromatic N) is 4. The van der Waals surface area contributed by atoms with E-state index in [4.69, 9.17) is 10.9 Å². The Bertz CT molecular complexity index is 356. The summed E-state index contributed by atoms with van der Waals surface area (Å²) in [4.78, 5) is 1.93. The lowest BCUT2D eigenvalue weighted by Gasteiger charge is -2.27. The number of hydrogen-bond acceptors (Lipinski definition) is 6. The van der Waals surface area contributed by atoms with Gasteiger partial charge >= 0.3 is 0 Å². The zero-order valence-electron chi connectivity index (χ0n) is 8.26. The number of amidine groups is 1. The molecule has 1 aromatic rings. The molecule has 0 unspecified atom stereocenters. The lowest BCUT2D eigenvalue weighted by atomic mass is 10.1. The van der Waals surface area contributed by atoms with Gasteiger partial charge in [0.05, 0.1) is 0 Å². The molecule has 82 valence electrons. The van der Waals surface area contributed by atoms with Crippen molar-refractivity contribution in [2.45, 2.75) is 19.3 Å². The summed E-state index contributed by atoms with van der Waals surface area (Å²) in [5.41, 5.74) is 5.84.